The summed E-state index contributed by atoms with van der Waals surface area (Å²) in [6, 6.07) is 8.62. The number of anilines is 1. The summed E-state index contributed by atoms with van der Waals surface area (Å²) in [5, 5.41) is 2.46. The van der Waals surface area contributed by atoms with Gasteiger partial charge in [-0.05, 0) is 48.7 Å². The van der Waals surface area contributed by atoms with Gasteiger partial charge in [-0.3, -0.25) is 9.59 Å². The quantitative estimate of drug-likeness (QED) is 0.627. The smallest absolute Gasteiger partial charge is 0.417 e. The van der Waals surface area contributed by atoms with E-state index in [0.29, 0.717) is 43.1 Å². The molecule has 0 aromatic heterocycles. The van der Waals surface area contributed by atoms with Crippen molar-refractivity contribution in [1.82, 2.24) is 4.90 Å². The van der Waals surface area contributed by atoms with Crippen molar-refractivity contribution in [3.8, 4) is 11.5 Å². The van der Waals surface area contributed by atoms with Crippen molar-refractivity contribution in [3.63, 3.8) is 0 Å². The summed E-state index contributed by atoms with van der Waals surface area (Å²) < 4.78 is 49.5. The van der Waals surface area contributed by atoms with E-state index in [-0.39, 0.29) is 30.1 Å². The average Bonchev–Trinajstić information content (AvgIpc) is 3.25. The van der Waals surface area contributed by atoms with Crippen LogP contribution in [0, 0.1) is 5.92 Å². The maximum absolute atomic E-state index is 13.0. The number of fused-ring (bicyclic) bond motifs is 1. The molecule has 0 aliphatic carbocycles. The molecule has 1 N–H and O–H groups in total. The molecule has 174 valence electrons. The first-order valence-electron chi connectivity index (χ1n) is 10.2. The van der Waals surface area contributed by atoms with Crippen LogP contribution in [-0.2, 0) is 15.8 Å². The molecule has 0 radical (unpaired) electrons. The zero-order chi connectivity index (χ0) is 23.6. The van der Waals surface area contributed by atoms with Gasteiger partial charge in [-0.25, -0.2) is 0 Å². The molecule has 2 aliphatic rings. The van der Waals surface area contributed by atoms with Gasteiger partial charge in [0.2, 0.25) is 18.6 Å². The Morgan fingerprint density at radius 1 is 1.06 bits per heavy atom. The second-order valence-corrected chi connectivity index (χ2v) is 8.13. The molecular formula is C23H20ClF3N2O4. The lowest BCUT2D eigenvalue weighted by atomic mass is 9.95. The summed E-state index contributed by atoms with van der Waals surface area (Å²) in [5.74, 6) is 0.476. The summed E-state index contributed by atoms with van der Waals surface area (Å²) in [6.07, 6.45) is -1.05. The van der Waals surface area contributed by atoms with E-state index in [4.69, 9.17) is 21.1 Å². The lowest BCUT2D eigenvalue weighted by molar-refractivity contribution is -0.137. The topological polar surface area (TPSA) is 67.9 Å². The van der Waals surface area contributed by atoms with Crippen LogP contribution in [-0.4, -0.2) is 36.6 Å². The monoisotopic (exact) mass is 480 g/mol. The third kappa shape index (κ3) is 5.42. The Kier molecular flexibility index (Phi) is 6.51. The molecule has 1 saturated heterocycles. The average molecular weight is 481 g/mol. The van der Waals surface area contributed by atoms with Gasteiger partial charge in [-0.15, -0.1) is 0 Å². The Labute approximate surface area is 192 Å². The van der Waals surface area contributed by atoms with Crippen molar-refractivity contribution in [1.29, 1.82) is 0 Å². The van der Waals surface area contributed by atoms with E-state index in [2.05, 4.69) is 5.32 Å². The molecule has 10 heteroatoms. The van der Waals surface area contributed by atoms with Crippen molar-refractivity contribution in [2.45, 2.75) is 19.0 Å². The number of carbonyl (C=O) groups is 2. The van der Waals surface area contributed by atoms with Gasteiger partial charge in [0, 0.05) is 36.8 Å². The number of rotatable bonds is 4. The Bertz CT molecular complexity index is 1100. The highest BCUT2D eigenvalue weighted by molar-refractivity contribution is 6.31. The molecule has 0 spiro atoms. The fourth-order valence-electron chi connectivity index (χ4n) is 3.72. The summed E-state index contributed by atoms with van der Waals surface area (Å²) in [5.41, 5.74) is -0.127. The van der Waals surface area contributed by atoms with Crippen LogP contribution >= 0.6 is 11.6 Å². The standard InChI is InChI=1S/C23H20ClF3N2O4/c24-18-4-1-14(11-17(18)23(25,26)27)2-6-21(30)29-9-7-15(8-10-29)22(31)28-16-3-5-19-20(12-16)33-13-32-19/h1-6,11-12,15H,7-10,13H2,(H,28,31)/b6-2+. The molecule has 2 aliphatic heterocycles. The zero-order valence-electron chi connectivity index (χ0n) is 17.3. The lowest BCUT2D eigenvalue weighted by Crippen LogP contribution is -2.40. The van der Waals surface area contributed by atoms with Crippen LogP contribution in [0.2, 0.25) is 5.02 Å². The molecule has 2 amide bonds. The molecular weight excluding hydrogens is 461 g/mol. The van der Waals surface area contributed by atoms with Crippen molar-refractivity contribution < 1.29 is 32.2 Å². The molecule has 0 atom stereocenters. The molecule has 2 aromatic carbocycles. The minimum atomic E-state index is -4.58. The first-order valence-corrected chi connectivity index (χ1v) is 10.6. The van der Waals surface area contributed by atoms with Crippen molar-refractivity contribution >= 4 is 35.2 Å². The van der Waals surface area contributed by atoms with E-state index in [0.717, 1.165) is 12.1 Å². The number of nitrogens with zero attached hydrogens (tertiary/aromatic N) is 1. The molecule has 33 heavy (non-hydrogen) atoms. The molecule has 1 fully saturated rings. The van der Waals surface area contributed by atoms with Gasteiger partial charge < -0.3 is 19.7 Å². The predicted molar refractivity (Wildman–Crippen MR) is 116 cm³/mol. The Balaban J connectivity index is 1.30. The number of piperidine rings is 1. The number of alkyl halides is 3. The van der Waals surface area contributed by atoms with E-state index in [1.165, 1.54) is 18.2 Å². The molecule has 0 saturated carbocycles. The Morgan fingerprint density at radius 2 is 1.79 bits per heavy atom. The maximum Gasteiger partial charge on any atom is 0.417 e. The minimum absolute atomic E-state index is 0.141. The van der Waals surface area contributed by atoms with Gasteiger partial charge >= 0.3 is 6.18 Å². The number of carbonyl (C=O) groups excluding carboxylic acids is 2. The van der Waals surface area contributed by atoms with Crippen molar-refractivity contribution in [2.75, 3.05) is 25.2 Å². The zero-order valence-corrected chi connectivity index (χ0v) is 18.1. The molecule has 0 bridgehead atoms. The molecule has 4 rings (SSSR count). The number of halogens is 4. The maximum atomic E-state index is 13.0. The van der Waals surface area contributed by atoms with E-state index >= 15 is 0 Å². The van der Waals surface area contributed by atoms with Gasteiger partial charge in [-0.1, -0.05) is 17.7 Å². The summed E-state index contributed by atoms with van der Waals surface area (Å²) in [4.78, 5) is 26.6. The fourth-order valence-corrected chi connectivity index (χ4v) is 3.94. The second-order valence-electron chi connectivity index (χ2n) is 7.73. The highest BCUT2D eigenvalue weighted by Crippen LogP contribution is 2.36. The lowest BCUT2D eigenvalue weighted by Gasteiger charge is -2.30. The van der Waals surface area contributed by atoms with Crippen LogP contribution in [0.4, 0.5) is 18.9 Å². The van der Waals surface area contributed by atoms with Crippen molar-refractivity contribution in [2.24, 2.45) is 5.92 Å². The molecule has 0 unspecified atom stereocenters. The second kappa shape index (κ2) is 9.35. The Morgan fingerprint density at radius 3 is 2.52 bits per heavy atom. The number of nitrogens with one attached hydrogen (secondary N) is 1. The SMILES string of the molecule is O=C(Nc1ccc2c(c1)OCO2)C1CCN(C(=O)/C=C/c2ccc(Cl)c(C(F)(F)F)c2)CC1. The van der Waals surface area contributed by atoms with E-state index in [9.17, 15) is 22.8 Å². The molecule has 2 aromatic rings. The first kappa shape index (κ1) is 23.0. The Hall–Kier alpha value is -3.20. The van der Waals surface area contributed by atoms with E-state index in [1.54, 1.807) is 23.1 Å². The highest BCUT2D eigenvalue weighted by Gasteiger charge is 2.33. The molecule has 2 heterocycles. The number of hydrogen-bond acceptors (Lipinski definition) is 4. The fraction of sp³-hybridized carbons (Fsp3) is 0.304. The first-order chi connectivity index (χ1) is 15.7. The molecule has 6 nitrogen and oxygen atoms in total. The number of hydrogen-bond donors (Lipinski definition) is 1. The number of likely N-dealkylation sites (tertiary alicyclic amines) is 1. The largest absolute Gasteiger partial charge is 0.454 e. The number of benzene rings is 2. The minimum Gasteiger partial charge on any atom is -0.454 e. The number of amides is 2. The summed E-state index contributed by atoms with van der Waals surface area (Å²) in [6.45, 7) is 0.892. The third-order valence-electron chi connectivity index (χ3n) is 5.53. The van der Waals surface area contributed by atoms with Gasteiger partial charge in [0.1, 0.15) is 0 Å². The van der Waals surface area contributed by atoms with Crippen molar-refractivity contribution in [3.05, 3.63) is 58.6 Å². The third-order valence-corrected chi connectivity index (χ3v) is 5.86. The van der Waals surface area contributed by atoms with Crippen LogP contribution in [0.15, 0.2) is 42.5 Å². The van der Waals surface area contributed by atoms with Crippen LogP contribution < -0.4 is 14.8 Å². The van der Waals surface area contributed by atoms with Gasteiger partial charge in [-0.2, -0.15) is 13.2 Å². The predicted octanol–water partition coefficient (Wildman–Crippen LogP) is 4.98. The van der Waals surface area contributed by atoms with Crippen LogP contribution in [0.5, 0.6) is 11.5 Å². The van der Waals surface area contributed by atoms with Crippen LogP contribution in [0.3, 0.4) is 0 Å². The normalized spacial score (nSPS) is 16.3. The van der Waals surface area contributed by atoms with E-state index in [1.807, 2.05) is 0 Å². The summed E-state index contributed by atoms with van der Waals surface area (Å²) >= 11 is 5.62. The highest BCUT2D eigenvalue weighted by atomic mass is 35.5. The van der Waals surface area contributed by atoms with Crippen LogP contribution in [0.1, 0.15) is 24.0 Å². The number of ether oxygens (including phenoxy) is 2. The van der Waals surface area contributed by atoms with Gasteiger partial charge in [0.05, 0.1) is 10.6 Å². The summed E-state index contributed by atoms with van der Waals surface area (Å²) in [7, 11) is 0. The van der Waals surface area contributed by atoms with Gasteiger partial charge in [0.25, 0.3) is 0 Å². The van der Waals surface area contributed by atoms with Gasteiger partial charge in [0.15, 0.2) is 11.5 Å². The van der Waals surface area contributed by atoms with Crippen LogP contribution in [0.25, 0.3) is 6.08 Å². The van der Waals surface area contributed by atoms with E-state index < -0.39 is 16.8 Å².